The van der Waals surface area contributed by atoms with Gasteiger partial charge in [-0.3, -0.25) is 0 Å². The van der Waals surface area contributed by atoms with E-state index >= 15 is 0 Å². The van der Waals surface area contributed by atoms with Crippen molar-refractivity contribution in [2.45, 2.75) is 0 Å². The Kier molecular flexibility index (Phi) is 6.53. The molecule has 0 aromatic carbocycles. The van der Waals surface area contributed by atoms with Gasteiger partial charge in [-0.1, -0.05) is 0 Å². The van der Waals surface area contributed by atoms with Crippen molar-refractivity contribution in [3.05, 3.63) is 7.11 Å². The van der Waals surface area contributed by atoms with Crippen LogP contribution in [0.2, 0.25) is 0 Å². The summed E-state index contributed by atoms with van der Waals surface area (Å²) in [4.78, 5) is 15.3. The zero-order chi connectivity index (χ0) is 5.21. The molecule has 0 amide bonds. The largest absolute Gasteiger partial charge is 0.467 e. The number of phosphoric acid groups is 1. The standard InChI is InChI=1S/CH4O4P.Y/c1-5-6(2,3)4;/h1H2,(H2,2,3,4);/q-1;. The SMILES string of the molecule is [CH2-]OP(=O)(O)O.[Y]. The molecule has 4 nitrogen and oxygen atoms in total. The number of hydrogen-bond acceptors (Lipinski definition) is 2. The molecule has 0 aliphatic carbocycles. The molecule has 0 aromatic rings. The summed E-state index contributed by atoms with van der Waals surface area (Å²) in [6.07, 6.45) is 0. The Labute approximate surface area is 66.4 Å². The molecule has 0 bridgehead atoms. The van der Waals surface area contributed by atoms with E-state index in [4.69, 9.17) is 9.79 Å². The molecule has 0 atom stereocenters. The van der Waals surface area contributed by atoms with Crippen LogP contribution in [0, 0.1) is 7.11 Å². The molecule has 7 heavy (non-hydrogen) atoms. The molecule has 41 valence electrons. The minimum Gasteiger partial charge on any atom is -0.467 e. The van der Waals surface area contributed by atoms with Gasteiger partial charge in [-0.05, 0) is 0 Å². The molecule has 0 spiro atoms. The van der Waals surface area contributed by atoms with Crippen LogP contribution in [-0.2, 0) is 41.8 Å². The molecule has 0 saturated carbocycles. The van der Waals surface area contributed by atoms with E-state index in [0.29, 0.717) is 0 Å². The second-order valence-electron chi connectivity index (χ2n) is 0.620. The topological polar surface area (TPSA) is 66.8 Å². The van der Waals surface area contributed by atoms with Gasteiger partial charge in [0.25, 0.3) is 0 Å². The molecule has 0 rings (SSSR count). The second-order valence-corrected chi connectivity index (χ2v) is 1.86. The Morgan fingerprint density at radius 1 is 1.57 bits per heavy atom. The first-order valence-electron chi connectivity index (χ1n) is 1.05. The van der Waals surface area contributed by atoms with Gasteiger partial charge >= 0.3 is 7.82 Å². The summed E-state index contributed by atoms with van der Waals surface area (Å²) >= 11 is 0. The van der Waals surface area contributed by atoms with Crippen LogP contribution in [0.25, 0.3) is 0 Å². The molecule has 6 heteroatoms. The van der Waals surface area contributed by atoms with Gasteiger partial charge in [-0.15, -0.1) is 0 Å². The average Bonchev–Trinajstić information content (AvgIpc) is 1.35. The van der Waals surface area contributed by atoms with E-state index in [-0.39, 0.29) is 32.7 Å². The molecule has 0 unspecified atom stereocenters. The molecule has 1 radical (unpaired) electrons. The van der Waals surface area contributed by atoms with Gasteiger partial charge in [-0.25, -0.2) is 11.7 Å². The first-order valence-corrected chi connectivity index (χ1v) is 2.58. The Bertz CT molecular complexity index is 75.8. The molecular weight excluding hydrogens is 196 g/mol. The van der Waals surface area contributed by atoms with E-state index in [2.05, 4.69) is 11.6 Å². The van der Waals surface area contributed by atoms with E-state index in [9.17, 15) is 4.57 Å². The van der Waals surface area contributed by atoms with Crippen molar-refractivity contribution in [3.63, 3.8) is 0 Å². The van der Waals surface area contributed by atoms with Crippen LogP contribution >= 0.6 is 7.82 Å². The van der Waals surface area contributed by atoms with Gasteiger partial charge in [0.15, 0.2) is 0 Å². The predicted octanol–water partition coefficient (Wildman–Crippen LogP) is -0.115. The first-order chi connectivity index (χ1) is 2.56. The van der Waals surface area contributed by atoms with Crippen molar-refractivity contribution in [1.82, 2.24) is 0 Å². The molecule has 0 fully saturated rings. The summed E-state index contributed by atoms with van der Waals surface area (Å²) in [7, 11) is -1.76. The van der Waals surface area contributed by atoms with Crippen LogP contribution in [0.3, 0.4) is 0 Å². The summed E-state index contributed by atoms with van der Waals surface area (Å²) in [5.41, 5.74) is 0. The summed E-state index contributed by atoms with van der Waals surface area (Å²) in [6.45, 7) is 0. The molecule has 0 aromatic heterocycles. The van der Waals surface area contributed by atoms with Gasteiger partial charge in [0.2, 0.25) is 0 Å². The van der Waals surface area contributed by atoms with Crippen molar-refractivity contribution >= 4 is 7.82 Å². The second kappa shape index (κ2) is 4.13. The van der Waals surface area contributed by atoms with Crippen LogP contribution in [0.15, 0.2) is 0 Å². The molecule has 0 heterocycles. The van der Waals surface area contributed by atoms with Gasteiger partial charge in [0.05, 0.1) is 0 Å². The third-order valence-corrected chi connectivity index (χ3v) is 0.505. The van der Waals surface area contributed by atoms with Crippen LogP contribution in [0.5, 0.6) is 0 Å². The van der Waals surface area contributed by atoms with E-state index in [1.807, 2.05) is 0 Å². The van der Waals surface area contributed by atoms with Crippen molar-refractivity contribution in [1.29, 1.82) is 0 Å². The van der Waals surface area contributed by atoms with Crippen molar-refractivity contribution in [2.75, 3.05) is 0 Å². The summed E-state index contributed by atoms with van der Waals surface area (Å²) < 4.78 is 12.8. The van der Waals surface area contributed by atoms with E-state index in [1.165, 1.54) is 0 Å². The van der Waals surface area contributed by atoms with Gasteiger partial charge in [-0.2, -0.15) is 0 Å². The van der Waals surface area contributed by atoms with Crippen LogP contribution in [-0.4, -0.2) is 9.79 Å². The fraction of sp³-hybridized carbons (Fsp3) is 0. The molecule has 0 aliphatic heterocycles. The number of rotatable bonds is 1. The van der Waals surface area contributed by atoms with Gasteiger partial charge < -0.3 is 14.3 Å². The summed E-state index contributed by atoms with van der Waals surface area (Å²) in [5.74, 6) is 0. The smallest absolute Gasteiger partial charge is 0.438 e. The molecular formula is CH4O4PY-. The van der Waals surface area contributed by atoms with Gasteiger partial charge in [0.1, 0.15) is 0 Å². The van der Waals surface area contributed by atoms with Crippen LogP contribution < -0.4 is 0 Å². The van der Waals surface area contributed by atoms with Crippen molar-refractivity contribution < 1.29 is 51.6 Å². The Morgan fingerprint density at radius 2 is 1.71 bits per heavy atom. The average molecular weight is 200 g/mol. The zero-order valence-electron chi connectivity index (χ0n) is 3.44. The van der Waals surface area contributed by atoms with Crippen LogP contribution in [0.1, 0.15) is 0 Å². The summed E-state index contributed by atoms with van der Waals surface area (Å²) in [6, 6.07) is 0. The van der Waals surface area contributed by atoms with E-state index < -0.39 is 7.82 Å². The van der Waals surface area contributed by atoms with E-state index in [0.717, 1.165) is 0 Å². The monoisotopic (exact) mass is 200 g/mol. The maximum atomic E-state index is 9.41. The number of hydrogen-bond donors (Lipinski definition) is 2. The molecule has 0 aliphatic rings. The fourth-order valence-corrected chi connectivity index (χ4v) is 0. The van der Waals surface area contributed by atoms with Gasteiger partial charge in [0, 0.05) is 32.7 Å². The minimum absolute atomic E-state index is 0. The normalized spacial score (nSPS) is 10.1. The maximum Gasteiger partial charge on any atom is 0.438 e. The van der Waals surface area contributed by atoms with E-state index in [1.54, 1.807) is 0 Å². The minimum atomic E-state index is -4.26. The Balaban J connectivity index is 0. The van der Waals surface area contributed by atoms with Crippen molar-refractivity contribution in [3.8, 4) is 0 Å². The predicted molar refractivity (Wildman–Crippen MR) is 18.5 cm³/mol. The third-order valence-electron chi connectivity index (χ3n) is 0.168. The number of phosphoric ester groups is 1. The first kappa shape index (κ1) is 11.1. The maximum absolute atomic E-state index is 9.41. The fourth-order valence-electron chi connectivity index (χ4n) is 0. The van der Waals surface area contributed by atoms with Crippen LogP contribution in [0.4, 0.5) is 0 Å². The third kappa shape index (κ3) is 11.0. The molecule has 2 N–H and O–H groups in total. The van der Waals surface area contributed by atoms with Crippen molar-refractivity contribution in [2.24, 2.45) is 0 Å². The zero-order valence-corrected chi connectivity index (χ0v) is 7.18. The molecule has 0 saturated heterocycles. The summed E-state index contributed by atoms with van der Waals surface area (Å²) in [5, 5.41) is 0. The quantitative estimate of drug-likeness (QED) is 0.457. The Morgan fingerprint density at radius 3 is 1.71 bits per heavy atom. The Hall–Kier alpha value is 1.21.